The number of benzene rings is 1. The van der Waals surface area contributed by atoms with Gasteiger partial charge in [-0.2, -0.15) is 4.98 Å². The van der Waals surface area contributed by atoms with Crippen LogP contribution in [-0.2, 0) is 6.54 Å². The maximum absolute atomic E-state index is 4.91. The summed E-state index contributed by atoms with van der Waals surface area (Å²) >= 11 is 0. The Balaban J connectivity index is 1.82. The molecule has 0 aliphatic heterocycles. The number of nitrogens with zero attached hydrogens (tertiary/aromatic N) is 5. The molecule has 1 aromatic carbocycles. The van der Waals surface area contributed by atoms with Crippen molar-refractivity contribution in [2.45, 2.75) is 13.5 Å². The van der Waals surface area contributed by atoms with Gasteiger partial charge in [0.25, 0.3) is 0 Å². The summed E-state index contributed by atoms with van der Waals surface area (Å²) in [7, 11) is 0. The summed E-state index contributed by atoms with van der Waals surface area (Å²) in [4.78, 5) is 4.11. The first kappa shape index (κ1) is 10.6. The van der Waals surface area contributed by atoms with Crippen LogP contribution in [0.3, 0.4) is 0 Å². The minimum atomic E-state index is 0.465. The van der Waals surface area contributed by atoms with E-state index >= 15 is 0 Å². The Hall–Kier alpha value is -2.50. The molecular weight excluding hydrogens is 230 g/mol. The average molecular weight is 241 g/mol. The van der Waals surface area contributed by atoms with Gasteiger partial charge in [-0.1, -0.05) is 40.7 Å². The fourth-order valence-corrected chi connectivity index (χ4v) is 1.65. The second-order valence-electron chi connectivity index (χ2n) is 3.92. The molecule has 0 bridgehead atoms. The van der Waals surface area contributed by atoms with Gasteiger partial charge in [0.15, 0.2) is 5.69 Å². The molecule has 0 spiro atoms. The summed E-state index contributed by atoms with van der Waals surface area (Å²) in [5.74, 6) is 0.981. The molecule has 2 heterocycles. The van der Waals surface area contributed by atoms with Gasteiger partial charge in [-0.25, -0.2) is 4.68 Å². The van der Waals surface area contributed by atoms with Crippen LogP contribution in [0.15, 0.2) is 41.1 Å². The molecular formula is C12H11N5O. The molecule has 0 atom stereocenters. The highest BCUT2D eigenvalue weighted by atomic mass is 16.5. The molecule has 0 saturated carbocycles. The lowest BCUT2D eigenvalue weighted by Gasteiger charge is -1.98. The minimum Gasteiger partial charge on any atom is -0.339 e. The molecule has 0 saturated heterocycles. The Morgan fingerprint density at radius 3 is 2.78 bits per heavy atom. The van der Waals surface area contributed by atoms with E-state index in [4.69, 9.17) is 4.52 Å². The molecule has 0 unspecified atom stereocenters. The van der Waals surface area contributed by atoms with Crippen molar-refractivity contribution in [2.75, 3.05) is 0 Å². The third kappa shape index (κ3) is 2.13. The van der Waals surface area contributed by atoms with Crippen LogP contribution >= 0.6 is 0 Å². The van der Waals surface area contributed by atoms with Crippen molar-refractivity contribution in [3.8, 4) is 11.5 Å². The summed E-state index contributed by atoms with van der Waals surface area (Å²) < 4.78 is 6.65. The van der Waals surface area contributed by atoms with E-state index in [1.165, 1.54) is 5.56 Å². The first-order valence-electron chi connectivity index (χ1n) is 5.56. The molecule has 0 aliphatic carbocycles. The van der Waals surface area contributed by atoms with E-state index in [1.54, 1.807) is 17.8 Å². The summed E-state index contributed by atoms with van der Waals surface area (Å²) in [6, 6.07) is 10.1. The SMILES string of the molecule is Cc1nc(-c2cn(Cc3ccccc3)nn2)no1. The summed E-state index contributed by atoms with van der Waals surface area (Å²) in [5, 5.41) is 11.9. The van der Waals surface area contributed by atoms with E-state index in [1.807, 2.05) is 30.3 Å². The molecule has 3 aromatic rings. The third-order valence-corrected chi connectivity index (χ3v) is 2.48. The van der Waals surface area contributed by atoms with Crippen LogP contribution in [0.5, 0.6) is 0 Å². The largest absolute Gasteiger partial charge is 0.339 e. The zero-order valence-electron chi connectivity index (χ0n) is 9.82. The predicted molar refractivity (Wildman–Crippen MR) is 63.6 cm³/mol. The van der Waals surface area contributed by atoms with Crippen molar-refractivity contribution >= 4 is 0 Å². The van der Waals surface area contributed by atoms with Gasteiger partial charge in [0.2, 0.25) is 11.7 Å². The van der Waals surface area contributed by atoms with Crippen molar-refractivity contribution in [3.05, 3.63) is 48.0 Å². The fourth-order valence-electron chi connectivity index (χ4n) is 1.65. The van der Waals surface area contributed by atoms with Gasteiger partial charge in [0, 0.05) is 6.92 Å². The van der Waals surface area contributed by atoms with E-state index in [9.17, 15) is 0 Å². The van der Waals surface area contributed by atoms with Gasteiger partial charge in [0.05, 0.1) is 12.7 Å². The van der Waals surface area contributed by atoms with E-state index in [2.05, 4.69) is 20.5 Å². The monoisotopic (exact) mass is 241 g/mol. The van der Waals surface area contributed by atoms with Gasteiger partial charge in [-0.15, -0.1) is 5.10 Å². The summed E-state index contributed by atoms with van der Waals surface area (Å²) in [5.41, 5.74) is 1.78. The highest BCUT2D eigenvalue weighted by Crippen LogP contribution is 2.12. The lowest BCUT2D eigenvalue weighted by Crippen LogP contribution is -1.99. The molecule has 6 heteroatoms. The Morgan fingerprint density at radius 2 is 2.06 bits per heavy atom. The van der Waals surface area contributed by atoms with Crippen LogP contribution < -0.4 is 0 Å². The third-order valence-electron chi connectivity index (χ3n) is 2.48. The molecule has 3 rings (SSSR count). The van der Waals surface area contributed by atoms with Gasteiger partial charge >= 0.3 is 0 Å². The molecule has 0 fully saturated rings. The van der Waals surface area contributed by atoms with Gasteiger partial charge in [-0.3, -0.25) is 0 Å². The van der Waals surface area contributed by atoms with Gasteiger partial charge in [0.1, 0.15) is 0 Å². The zero-order valence-corrected chi connectivity index (χ0v) is 9.82. The summed E-state index contributed by atoms with van der Waals surface area (Å²) in [6.45, 7) is 2.41. The van der Waals surface area contributed by atoms with E-state index < -0.39 is 0 Å². The first-order chi connectivity index (χ1) is 8.81. The van der Waals surface area contributed by atoms with Crippen molar-refractivity contribution in [2.24, 2.45) is 0 Å². The zero-order chi connectivity index (χ0) is 12.4. The molecule has 0 amide bonds. The van der Waals surface area contributed by atoms with Gasteiger partial charge in [-0.05, 0) is 5.56 Å². The van der Waals surface area contributed by atoms with Crippen molar-refractivity contribution < 1.29 is 4.52 Å². The quantitative estimate of drug-likeness (QED) is 0.697. The number of aryl methyl sites for hydroxylation is 1. The van der Waals surface area contributed by atoms with Gasteiger partial charge < -0.3 is 4.52 Å². The highest BCUT2D eigenvalue weighted by Gasteiger charge is 2.10. The number of hydrogen-bond acceptors (Lipinski definition) is 5. The Morgan fingerprint density at radius 1 is 1.22 bits per heavy atom. The second-order valence-corrected chi connectivity index (χ2v) is 3.92. The number of hydrogen-bond donors (Lipinski definition) is 0. The van der Waals surface area contributed by atoms with E-state index in [-0.39, 0.29) is 0 Å². The highest BCUT2D eigenvalue weighted by molar-refractivity contribution is 5.45. The lowest BCUT2D eigenvalue weighted by atomic mass is 10.2. The van der Waals surface area contributed by atoms with Crippen molar-refractivity contribution in [3.63, 3.8) is 0 Å². The van der Waals surface area contributed by atoms with Crippen molar-refractivity contribution in [1.82, 2.24) is 25.1 Å². The normalized spacial score (nSPS) is 10.7. The maximum Gasteiger partial charge on any atom is 0.224 e. The summed E-state index contributed by atoms with van der Waals surface area (Å²) in [6.07, 6.45) is 1.80. The molecule has 0 N–H and O–H groups in total. The first-order valence-corrected chi connectivity index (χ1v) is 5.56. The number of aromatic nitrogens is 5. The van der Waals surface area contributed by atoms with Crippen molar-refractivity contribution in [1.29, 1.82) is 0 Å². The molecule has 18 heavy (non-hydrogen) atoms. The molecule has 90 valence electrons. The van der Waals surface area contributed by atoms with Crippen LogP contribution in [0.2, 0.25) is 0 Å². The van der Waals surface area contributed by atoms with Crippen LogP contribution in [-0.4, -0.2) is 25.1 Å². The van der Waals surface area contributed by atoms with Crippen LogP contribution in [0.25, 0.3) is 11.5 Å². The Kier molecular flexibility index (Phi) is 2.60. The lowest BCUT2D eigenvalue weighted by molar-refractivity contribution is 0.394. The van der Waals surface area contributed by atoms with Crippen LogP contribution in [0.4, 0.5) is 0 Å². The average Bonchev–Trinajstić information content (AvgIpc) is 2.99. The molecule has 0 aliphatic rings. The Bertz CT molecular complexity index is 643. The van der Waals surface area contributed by atoms with E-state index in [0.29, 0.717) is 24.0 Å². The number of rotatable bonds is 3. The minimum absolute atomic E-state index is 0.465. The van der Waals surface area contributed by atoms with E-state index in [0.717, 1.165) is 0 Å². The standard InChI is InChI=1S/C12H11N5O/c1-9-13-12(15-18-9)11-8-17(16-14-11)7-10-5-3-2-4-6-10/h2-6,8H,7H2,1H3. The Labute approximate surface area is 103 Å². The predicted octanol–water partition coefficient (Wildman–Crippen LogP) is 1.68. The second kappa shape index (κ2) is 4.40. The maximum atomic E-state index is 4.91. The molecule has 6 nitrogen and oxygen atoms in total. The smallest absolute Gasteiger partial charge is 0.224 e. The molecule has 0 radical (unpaired) electrons. The fraction of sp³-hybridized carbons (Fsp3) is 0.167. The molecule has 2 aromatic heterocycles. The van der Waals surface area contributed by atoms with Crippen LogP contribution in [0, 0.1) is 6.92 Å². The topological polar surface area (TPSA) is 69.6 Å². The van der Waals surface area contributed by atoms with Crippen LogP contribution in [0.1, 0.15) is 11.5 Å².